The maximum Gasteiger partial charge on any atom is 0.221 e. The number of carbonyl (C=O) groups excluding carboxylic acids is 1. The van der Waals surface area contributed by atoms with E-state index in [4.69, 9.17) is 9.72 Å². The molecule has 24 heavy (non-hydrogen) atoms. The second kappa shape index (κ2) is 6.55. The molecule has 0 atom stereocenters. The molecule has 2 heterocycles. The lowest BCUT2D eigenvalue weighted by atomic mass is 9.94. The number of aromatic nitrogens is 2. The summed E-state index contributed by atoms with van der Waals surface area (Å²) < 4.78 is 7.86. The number of rotatable bonds is 3. The van der Waals surface area contributed by atoms with E-state index in [-0.39, 0.29) is 11.3 Å². The third-order valence-corrected chi connectivity index (χ3v) is 4.52. The van der Waals surface area contributed by atoms with Gasteiger partial charge in [0, 0.05) is 37.8 Å². The number of carbonyl (C=O) groups is 1. The van der Waals surface area contributed by atoms with E-state index < -0.39 is 0 Å². The quantitative estimate of drug-likeness (QED) is 0.934. The van der Waals surface area contributed by atoms with E-state index in [9.17, 15) is 4.79 Å². The highest BCUT2D eigenvalue weighted by Crippen LogP contribution is 2.30. The fourth-order valence-corrected chi connectivity index (χ4v) is 3.36. The summed E-state index contributed by atoms with van der Waals surface area (Å²) in [6, 6.07) is 5.99. The molecule has 1 aromatic heterocycles. The molecule has 1 aliphatic heterocycles. The molecule has 1 saturated heterocycles. The first-order valence-corrected chi connectivity index (χ1v) is 8.70. The predicted octanol–water partition coefficient (Wildman–Crippen LogP) is 3.72. The fraction of sp³-hybridized carbons (Fsp3) is 0.579. The van der Waals surface area contributed by atoms with Gasteiger partial charge >= 0.3 is 0 Å². The molecule has 0 radical (unpaired) electrons. The number of benzene rings is 1. The molecule has 0 aliphatic carbocycles. The summed E-state index contributed by atoms with van der Waals surface area (Å²) in [5.41, 5.74) is 2.85. The molecule has 0 saturated carbocycles. The van der Waals surface area contributed by atoms with Crippen LogP contribution in [0.1, 0.15) is 46.4 Å². The van der Waals surface area contributed by atoms with Gasteiger partial charge < -0.3 is 14.6 Å². The van der Waals surface area contributed by atoms with Crippen LogP contribution >= 0.6 is 0 Å². The molecule has 1 aliphatic rings. The Morgan fingerprint density at radius 1 is 1.33 bits per heavy atom. The van der Waals surface area contributed by atoms with Gasteiger partial charge in [-0.2, -0.15) is 0 Å². The van der Waals surface area contributed by atoms with Gasteiger partial charge in [0.25, 0.3) is 0 Å². The Morgan fingerprint density at radius 3 is 2.67 bits per heavy atom. The van der Waals surface area contributed by atoms with Gasteiger partial charge in [0.05, 0.1) is 11.0 Å². The van der Waals surface area contributed by atoms with E-state index in [1.807, 2.05) is 12.1 Å². The number of nitrogens with one attached hydrogen (secondary N) is 1. The Bertz CT molecular complexity index is 737. The van der Waals surface area contributed by atoms with Crippen LogP contribution in [0.2, 0.25) is 0 Å². The van der Waals surface area contributed by atoms with Crippen LogP contribution in [0.4, 0.5) is 5.69 Å². The second-order valence-electron chi connectivity index (χ2n) is 7.74. The molecule has 1 aromatic carbocycles. The largest absolute Gasteiger partial charge is 0.381 e. The van der Waals surface area contributed by atoms with Gasteiger partial charge in [-0.05, 0) is 37.0 Å². The number of amides is 1. The van der Waals surface area contributed by atoms with Crippen molar-refractivity contribution < 1.29 is 9.53 Å². The highest BCUT2D eigenvalue weighted by molar-refractivity contribution is 5.91. The maximum atomic E-state index is 11.3. The van der Waals surface area contributed by atoms with Crippen LogP contribution in [0.3, 0.4) is 0 Å². The molecule has 1 amide bonds. The lowest BCUT2D eigenvalue weighted by Gasteiger charge is -2.26. The summed E-state index contributed by atoms with van der Waals surface area (Å²) in [5.74, 6) is 1.67. The SMILES string of the molecule is CC(=O)Nc1ccc2c(c1)nc(C(C)(C)C)n2CC1CCOCC1. The Labute approximate surface area is 143 Å². The van der Waals surface area contributed by atoms with Gasteiger partial charge in [-0.25, -0.2) is 4.98 Å². The topological polar surface area (TPSA) is 56.2 Å². The van der Waals surface area contributed by atoms with Gasteiger partial charge in [-0.15, -0.1) is 0 Å². The van der Waals surface area contributed by atoms with Crippen LogP contribution in [0.25, 0.3) is 11.0 Å². The van der Waals surface area contributed by atoms with Crippen molar-refractivity contribution in [1.29, 1.82) is 0 Å². The maximum absolute atomic E-state index is 11.3. The zero-order valence-corrected chi connectivity index (χ0v) is 15.1. The summed E-state index contributed by atoms with van der Waals surface area (Å²) in [6.45, 7) is 10.8. The number of fused-ring (bicyclic) bond motifs is 1. The minimum Gasteiger partial charge on any atom is -0.381 e. The number of hydrogen-bond donors (Lipinski definition) is 1. The highest BCUT2D eigenvalue weighted by atomic mass is 16.5. The normalized spacial score (nSPS) is 16.5. The Hall–Kier alpha value is -1.88. The molecule has 0 bridgehead atoms. The first-order chi connectivity index (χ1) is 11.3. The van der Waals surface area contributed by atoms with Crippen molar-refractivity contribution in [3.63, 3.8) is 0 Å². The average Bonchev–Trinajstić information content (AvgIpc) is 2.86. The number of anilines is 1. The van der Waals surface area contributed by atoms with E-state index in [0.717, 1.165) is 55.1 Å². The Morgan fingerprint density at radius 2 is 2.04 bits per heavy atom. The smallest absolute Gasteiger partial charge is 0.221 e. The molecule has 0 unspecified atom stereocenters. The van der Waals surface area contributed by atoms with Crippen LogP contribution in [-0.4, -0.2) is 28.7 Å². The first kappa shape index (κ1) is 17.0. The molecule has 5 nitrogen and oxygen atoms in total. The lowest BCUT2D eigenvalue weighted by molar-refractivity contribution is -0.114. The van der Waals surface area contributed by atoms with Gasteiger partial charge in [-0.3, -0.25) is 4.79 Å². The van der Waals surface area contributed by atoms with Gasteiger partial charge in [0.2, 0.25) is 5.91 Å². The van der Waals surface area contributed by atoms with Crippen LogP contribution in [0, 0.1) is 5.92 Å². The van der Waals surface area contributed by atoms with Crippen LogP contribution in [0.5, 0.6) is 0 Å². The summed E-state index contributed by atoms with van der Waals surface area (Å²) in [4.78, 5) is 16.2. The summed E-state index contributed by atoms with van der Waals surface area (Å²) >= 11 is 0. The van der Waals surface area contributed by atoms with Crippen molar-refractivity contribution in [2.24, 2.45) is 5.92 Å². The molecule has 1 fully saturated rings. The van der Waals surface area contributed by atoms with Crippen molar-refractivity contribution in [3.8, 4) is 0 Å². The van der Waals surface area contributed by atoms with Crippen LogP contribution < -0.4 is 5.32 Å². The molecular weight excluding hydrogens is 302 g/mol. The number of nitrogens with zero attached hydrogens (tertiary/aromatic N) is 2. The number of ether oxygens (including phenoxy) is 1. The minimum atomic E-state index is -0.0629. The zero-order chi connectivity index (χ0) is 17.3. The lowest BCUT2D eigenvalue weighted by Crippen LogP contribution is -2.25. The third-order valence-electron chi connectivity index (χ3n) is 4.52. The van der Waals surface area contributed by atoms with E-state index in [1.54, 1.807) is 0 Å². The minimum absolute atomic E-state index is 0.0294. The van der Waals surface area contributed by atoms with E-state index >= 15 is 0 Å². The molecule has 3 rings (SSSR count). The monoisotopic (exact) mass is 329 g/mol. The zero-order valence-electron chi connectivity index (χ0n) is 15.1. The van der Waals surface area contributed by atoms with Crippen molar-refractivity contribution in [3.05, 3.63) is 24.0 Å². The number of hydrogen-bond acceptors (Lipinski definition) is 3. The molecule has 2 aromatic rings. The van der Waals surface area contributed by atoms with Crippen molar-refractivity contribution in [1.82, 2.24) is 9.55 Å². The van der Waals surface area contributed by atoms with E-state index in [1.165, 1.54) is 6.92 Å². The summed E-state index contributed by atoms with van der Waals surface area (Å²) in [5, 5.41) is 2.84. The summed E-state index contributed by atoms with van der Waals surface area (Å²) in [6.07, 6.45) is 2.21. The predicted molar refractivity (Wildman–Crippen MR) is 96.3 cm³/mol. The molecular formula is C19H27N3O2. The Kier molecular flexibility index (Phi) is 4.63. The molecule has 5 heteroatoms. The molecule has 0 spiro atoms. The standard InChI is InChI=1S/C19H27N3O2/c1-13(23)20-15-5-6-17-16(11-15)21-18(19(2,3)4)22(17)12-14-7-9-24-10-8-14/h5-6,11,14H,7-10,12H2,1-4H3,(H,20,23). The van der Waals surface area contributed by atoms with Crippen molar-refractivity contribution in [2.75, 3.05) is 18.5 Å². The van der Waals surface area contributed by atoms with Crippen LogP contribution in [0.15, 0.2) is 18.2 Å². The van der Waals surface area contributed by atoms with Crippen molar-refractivity contribution >= 4 is 22.6 Å². The van der Waals surface area contributed by atoms with Gasteiger partial charge in [0.1, 0.15) is 5.82 Å². The van der Waals surface area contributed by atoms with Crippen molar-refractivity contribution in [2.45, 2.75) is 52.5 Å². The van der Waals surface area contributed by atoms with Crippen LogP contribution in [-0.2, 0) is 21.5 Å². The van der Waals surface area contributed by atoms with Gasteiger partial charge in [-0.1, -0.05) is 20.8 Å². The Balaban J connectivity index is 2.01. The molecule has 1 N–H and O–H groups in total. The molecule has 130 valence electrons. The van der Waals surface area contributed by atoms with Gasteiger partial charge in [0.15, 0.2) is 0 Å². The highest BCUT2D eigenvalue weighted by Gasteiger charge is 2.25. The van der Waals surface area contributed by atoms with E-state index in [0.29, 0.717) is 5.92 Å². The summed E-state index contributed by atoms with van der Waals surface area (Å²) in [7, 11) is 0. The second-order valence-corrected chi connectivity index (χ2v) is 7.74. The third kappa shape index (κ3) is 3.61. The average molecular weight is 329 g/mol. The fourth-order valence-electron chi connectivity index (χ4n) is 3.36. The van der Waals surface area contributed by atoms with E-state index in [2.05, 4.69) is 36.7 Å². The first-order valence-electron chi connectivity index (χ1n) is 8.70. The number of imidazole rings is 1.